The number of ether oxygens (including phenoxy) is 2. The predicted octanol–water partition coefficient (Wildman–Crippen LogP) is 22.9. The van der Waals surface area contributed by atoms with Crippen LogP contribution in [0.15, 0.2) is 146 Å². The predicted molar refractivity (Wildman–Crippen MR) is 421 cm³/mol. The molecular weight excluding hydrogens is 1250 g/mol. The minimum absolute atomic E-state index is 0.107. The van der Waals surface area contributed by atoms with E-state index in [0.29, 0.717) is 0 Å². The Balaban J connectivity index is 1.27. The van der Waals surface area contributed by atoms with Crippen LogP contribution in [0.3, 0.4) is 0 Å². The molecule has 0 aromatic heterocycles. The van der Waals surface area contributed by atoms with E-state index in [9.17, 15) is 0 Å². The van der Waals surface area contributed by atoms with Crippen molar-refractivity contribution in [2.24, 2.45) is 0 Å². The lowest BCUT2D eigenvalue weighted by atomic mass is 9.85. The highest BCUT2D eigenvalue weighted by molar-refractivity contribution is 8.27. The molecule has 0 atom stereocenters. The molecule has 0 aliphatic carbocycles. The van der Waals surface area contributed by atoms with E-state index >= 15 is 0 Å². The summed E-state index contributed by atoms with van der Waals surface area (Å²) in [5, 5.41) is 6.62. The SMILES string of the molecule is CC(C)(C)c1ccc(N2c3cc(C(C)(C)C)cc4c3P3(=S)c5c(cc(C(C)(C)C)cc5N(c5ccc(C(C)(C)C)cc5)c5c6c7c(c2c53)N(c2ccc(C(C)(C)C)cc2)c2cc(C(C)(C)C)cc3c2P7(=S)c2c(cc(C(C)(C)C)cc2N6c2ccc(C(C)(C)C)cc2)O3)O4)cc1. The first kappa shape index (κ1) is 65.0. The van der Waals surface area contributed by atoms with Crippen molar-refractivity contribution in [3.63, 3.8) is 0 Å². The van der Waals surface area contributed by atoms with Crippen molar-refractivity contribution in [2.45, 2.75) is 209 Å². The van der Waals surface area contributed by atoms with Gasteiger partial charge in [0.15, 0.2) is 0 Å². The number of anilines is 12. The summed E-state index contributed by atoms with van der Waals surface area (Å²) >= 11 is 16.7. The highest BCUT2D eigenvalue weighted by Gasteiger charge is 2.60. The van der Waals surface area contributed by atoms with Gasteiger partial charge in [0.05, 0.1) is 78.8 Å². The molecule has 96 heavy (non-hydrogen) atoms. The molecule has 0 saturated heterocycles. The number of rotatable bonds is 4. The zero-order valence-electron chi connectivity index (χ0n) is 61.2. The lowest BCUT2D eigenvalue weighted by Gasteiger charge is -2.56. The van der Waals surface area contributed by atoms with Crippen LogP contribution in [0.25, 0.3) is 0 Å². The van der Waals surface area contributed by atoms with Gasteiger partial charge in [0.2, 0.25) is 0 Å². The van der Waals surface area contributed by atoms with E-state index < -0.39 is 12.1 Å². The number of nitrogens with zero attached hydrogens (tertiary/aromatic N) is 4. The second kappa shape index (κ2) is 20.4. The maximum atomic E-state index is 8.35. The zero-order chi connectivity index (χ0) is 69.0. The molecule has 0 saturated carbocycles. The number of benzene rings is 9. The second-order valence-corrected chi connectivity index (χ2v) is 44.8. The third kappa shape index (κ3) is 9.47. The van der Waals surface area contributed by atoms with Crippen molar-refractivity contribution in [3.8, 4) is 23.0 Å². The number of hydrogen-bond acceptors (Lipinski definition) is 8. The monoisotopic (exact) mass is 1340 g/mol. The van der Waals surface area contributed by atoms with Gasteiger partial charge in [0.25, 0.3) is 0 Å². The summed E-state index contributed by atoms with van der Waals surface area (Å²) in [6, 6.07) is 50.5. The molecule has 0 fully saturated rings. The van der Waals surface area contributed by atoms with Gasteiger partial charge in [-0.1, -0.05) is 238 Å². The normalized spacial score (nSPS) is 16.2. The number of hydrogen-bond donors (Lipinski definition) is 0. The van der Waals surface area contributed by atoms with Crippen molar-refractivity contribution in [3.05, 3.63) is 190 Å². The van der Waals surface area contributed by atoms with E-state index in [1.54, 1.807) is 0 Å². The second-order valence-electron chi connectivity index (χ2n) is 36.4. The fourth-order valence-corrected chi connectivity index (χ4v) is 25.6. The van der Waals surface area contributed by atoms with Gasteiger partial charge in [-0.25, -0.2) is 0 Å². The first-order chi connectivity index (χ1) is 44.4. The molecule has 6 heterocycles. The van der Waals surface area contributed by atoms with Gasteiger partial charge in [0, 0.05) is 33.4 Å². The average Bonchev–Trinajstić information content (AvgIpc) is 0.637. The molecule has 0 unspecified atom stereocenters. The third-order valence-corrected chi connectivity index (χ3v) is 30.9. The minimum Gasteiger partial charge on any atom is -0.456 e. The van der Waals surface area contributed by atoms with Crippen LogP contribution in [-0.4, -0.2) is 0 Å². The summed E-state index contributed by atoms with van der Waals surface area (Å²) in [5.41, 5.74) is 20.8. The molecule has 10 heteroatoms. The molecule has 0 N–H and O–H groups in total. The molecule has 6 aliphatic rings. The molecule has 494 valence electrons. The van der Waals surface area contributed by atoms with Gasteiger partial charge in [-0.3, -0.25) is 0 Å². The summed E-state index contributed by atoms with van der Waals surface area (Å²) in [5.74, 6) is 3.34. The van der Waals surface area contributed by atoms with E-state index in [-0.39, 0.29) is 43.3 Å². The van der Waals surface area contributed by atoms with Crippen molar-refractivity contribution in [2.75, 3.05) is 19.6 Å². The van der Waals surface area contributed by atoms with Crippen molar-refractivity contribution in [1.29, 1.82) is 0 Å². The summed E-state index contributed by atoms with van der Waals surface area (Å²) < 4.78 is 15.6. The smallest absolute Gasteiger partial charge is 0.138 e. The molecule has 0 spiro atoms. The molecule has 15 rings (SSSR count). The molecule has 0 amide bonds. The van der Waals surface area contributed by atoms with Crippen LogP contribution >= 0.6 is 12.1 Å². The maximum absolute atomic E-state index is 8.35. The van der Waals surface area contributed by atoms with E-state index in [1.807, 2.05) is 0 Å². The van der Waals surface area contributed by atoms with E-state index in [2.05, 4.69) is 331 Å². The van der Waals surface area contributed by atoms with Crippen molar-refractivity contribution >= 4 is 136 Å². The molecule has 6 nitrogen and oxygen atoms in total. The maximum Gasteiger partial charge on any atom is 0.138 e. The van der Waals surface area contributed by atoms with Crippen LogP contribution in [0.1, 0.15) is 211 Å². The van der Waals surface area contributed by atoms with Gasteiger partial charge >= 0.3 is 0 Å². The fourth-order valence-electron chi connectivity index (χ4n) is 15.4. The Morgan fingerprint density at radius 2 is 0.396 bits per heavy atom. The molecule has 9 aromatic carbocycles. The van der Waals surface area contributed by atoms with Crippen LogP contribution in [0.5, 0.6) is 23.0 Å². The summed E-state index contributed by atoms with van der Waals surface area (Å²) in [7, 11) is 0. The Morgan fingerprint density at radius 1 is 0.229 bits per heavy atom. The first-order valence-electron chi connectivity index (χ1n) is 34.6. The molecule has 0 bridgehead atoms. The Morgan fingerprint density at radius 3 is 0.552 bits per heavy atom. The highest BCUT2D eigenvalue weighted by Crippen LogP contribution is 2.75. The highest BCUT2D eigenvalue weighted by atomic mass is 32.4. The van der Waals surface area contributed by atoms with Crippen LogP contribution in [0.4, 0.5) is 68.2 Å². The van der Waals surface area contributed by atoms with Gasteiger partial charge in [-0.05, 0) is 185 Å². The summed E-state index contributed by atoms with van der Waals surface area (Å²) in [6.07, 6.45) is 0. The first-order valence-corrected chi connectivity index (χ1v) is 40.2. The average molecular weight is 1340 g/mol. The molecule has 0 radical (unpaired) electrons. The lowest BCUT2D eigenvalue weighted by Crippen LogP contribution is -2.52. The van der Waals surface area contributed by atoms with Crippen LogP contribution in [0, 0.1) is 0 Å². The van der Waals surface area contributed by atoms with E-state index in [0.717, 1.165) is 123 Å². The van der Waals surface area contributed by atoms with Crippen LogP contribution < -0.4 is 60.9 Å². The van der Waals surface area contributed by atoms with Crippen molar-refractivity contribution < 1.29 is 9.47 Å². The van der Waals surface area contributed by atoms with Gasteiger partial charge in [0.1, 0.15) is 23.0 Å². The van der Waals surface area contributed by atoms with Gasteiger partial charge in [-0.15, -0.1) is 0 Å². The van der Waals surface area contributed by atoms with Gasteiger partial charge in [-0.2, -0.15) is 0 Å². The zero-order valence-corrected chi connectivity index (χ0v) is 64.6. The van der Waals surface area contributed by atoms with E-state index in [1.165, 1.54) is 44.5 Å². The quantitative estimate of drug-likeness (QED) is 0.161. The minimum atomic E-state index is -3.33. The Bertz CT molecular complexity index is 4330. The largest absolute Gasteiger partial charge is 0.456 e. The van der Waals surface area contributed by atoms with Crippen LogP contribution in [0.2, 0.25) is 0 Å². The Hall–Kier alpha value is -6.92. The Kier molecular flexibility index (Phi) is 13.8. The van der Waals surface area contributed by atoms with E-state index in [4.69, 9.17) is 33.1 Å². The summed E-state index contributed by atoms with van der Waals surface area (Å²) in [6.45, 7) is 55.7. The lowest BCUT2D eigenvalue weighted by molar-refractivity contribution is 0.480. The fraction of sp³-hybridized carbons (Fsp3) is 0.372. The molecule has 6 aliphatic heterocycles. The topological polar surface area (TPSA) is 31.4 Å². The van der Waals surface area contributed by atoms with Gasteiger partial charge < -0.3 is 29.1 Å². The molecule has 9 aromatic rings. The van der Waals surface area contributed by atoms with Crippen molar-refractivity contribution in [1.82, 2.24) is 0 Å². The standard InChI is InChI=1S/C86H96N4O2P2S2/c1-79(2,3)49-25-33-57(34-26-49)87-61-41-53(83(13,14)15)45-65-73(61)93(95)74-63(43-55(85(19,20)21)46-66(74)91-65)89(59-37-29-51(30-38-59)81(7,8)9)71-72-78-70(69(87)77(71)93)88(58-35-27-50(28-36-58)80(4,5)6)62-42-54(84(16,17)18)47-67-75(62)94(78,96)76-64(44-56(86(22,23)24)48-68(76)92-67)90(72)60-39-31-52(32-40-60)82(10,11)12/h25-48H,1-24H3. The number of fused-ring (bicyclic) bond motifs is 2. The Labute approximate surface area is 583 Å². The van der Waals surface area contributed by atoms with Crippen LogP contribution in [-0.2, 0) is 66.9 Å². The summed E-state index contributed by atoms with van der Waals surface area (Å²) in [4.78, 5) is 10.6. The third-order valence-electron chi connectivity index (χ3n) is 21.2. The molecular formula is C86H96N4O2P2S2.